The number of aromatic nitrogens is 2. The van der Waals surface area contributed by atoms with Crippen molar-refractivity contribution in [1.82, 2.24) is 61.9 Å². The zero-order chi connectivity index (χ0) is 69.6. The summed E-state index contributed by atoms with van der Waals surface area (Å²) in [5.74, 6) is -0.535. The van der Waals surface area contributed by atoms with E-state index in [1.165, 1.54) is 24.0 Å². The van der Waals surface area contributed by atoms with Crippen LogP contribution in [0, 0.1) is 34.8 Å². The van der Waals surface area contributed by atoms with Crippen LogP contribution in [0.15, 0.2) is 48.8 Å². The molecule has 5 aliphatic heterocycles. The Morgan fingerprint density at radius 1 is 0.768 bits per heavy atom. The third-order valence-electron chi connectivity index (χ3n) is 22.4. The second kappa shape index (κ2) is 34.0. The molecule has 0 radical (unpaired) electrons. The highest BCUT2D eigenvalue weighted by Crippen LogP contribution is 2.40. The van der Waals surface area contributed by atoms with Crippen molar-refractivity contribution >= 4 is 58.7 Å². The SMILES string of the molecule is CN[C@@H](C)C(=O)N[C@H](C(=O)N1C[C@@H](NC(=O)CCC(=O)NCCOCCN2C[C@H]3C[C@@H](OCC(=O)NCCCNc4cc(N5CCC6(CC5)CN(c5cc(F)c(CN7CCC(C)(C)CC7)cc5F)CC(=O)N6)ncn4)C[C@H]3C2)C[C@H]1C(=O)NC1CCCc2ccccc21)C1CCCCC1. The Labute approximate surface area is 582 Å². The lowest BCUT2D eigenvalue weighted by Gasteiger charge is -2.48. The van der Waals surface area contributed by atoms with Crippen molar-refractivity contribution in [3.63, 3.8) is 0 Å². The number of halogens is 2. The number of amides is 7. The number of likely N-dealkylation sites (N-methyl/N-ethyl adjacent to an activating group) is 1. The first-order chi connectivity index (χ1) is 47.8. The minimum atomic E-state index is -0.861. The van der Waals surface area contributed by atoms with Gasteiger partial charge in [-0.2, -0.15) is 0 Å². The fraction of sp³-hybridized carbons (Fsp3) is 0.685. The molecule has 5 saturated heterocycles. The van der Waals surface area contributed by atoms with Gasteiger partial charge in [-0.25, -0.2) is 18.7 Å². The summed E-state index contributed by atoms with van der Waals surface area (Å²) in [4.78, 5) is 114. The second-order valence-electron chi connectivity index (χ2n) is 30.1. The zero-order valence-electron chi connectivity index (χ0n) is 58.6. The Balaban J connectivity index is 0.528. The molecule has 99 heavy (non-hydrogen) atoms. The Morgan fingerprint density at radius 3 is 2.28 bits per heavy atom. The van der Waals surface area contributed by atoms with Crippen molar-refractivity contribution in [1.29, 1.82) is 0 Å². The normalized spacial score (nSPS) is 24.5. The van der Waals surface area contributed by atoms with Crippen LogP contribution in [0.4, 0.5) is 26.1 Å². The van der Waals surface area contributed by atoms with Gasteiger partial charge in [0, 0.05) is 109 Å². The van der Waals surface area contributed by atoms with E-state index < -0.39 is 41.3 Å². The van der Waals surface area contributed by atoms with Crippen LogP contribution in [-0.2, 0) is 56.0 Å². The fourth-order valence-corrected chi connectivity index (χ4v) is 16.4. The molecule has 26 heteroatoms. The summed E-state index contributed by atoms with van der Waals surface area (Å²) in [5.41, 5.74) is 2.39. The van der Waals surface area contributed by atoms with Gasteiger partial charge in [-0.05, 0) is 151 Å². The number of benzene rings is 2. The predicted octanol–water partition coefficient (Wildman–Crippen LogP) is 4.86. The van der Waals surface area contributed by atoms with E-state index in [9.17, 15) is 33.6 Å². The van der Waals surface area contributed by atoms with Crippen LogP contribution < -0.4 is 52.3 Å². The lowest BCUT2D eigenvalue weighted by atomic mass is 9.82. The van der Waals surface area contributed by atoms with Crippen LogP contribution in [0.1, 0.15) is 153 Å². The van der Waals surface area contributed by atoms with Crippen molar-refractivity contribution < 1.29 is 51.8 Å². The molecular formula is C73H107F2N15O9. The Morgan fingerprint density at radius 2 is 1.52 bits per heavy atom. The first-order valence-corrected chi connectivity index (χ1v) is 36.7. The van der Waals surface area contributed by atoms with Crippen LogP contribution in [0.3, 0.4) is 0 Å². The van der Waals surface area contributed by atoms with Gasteiger partial charge in [-0.3, -0.25) is 38.5 Å². The highest BCUT2D eigenvalue weighted by atomic mass is 19.1. The lowest BCUT2D eigenvalue weighted by molar-refractivity contribution is -0.143. The van der Waals surface area contributed by atoms with Gasteiger partial charge in [-0.1, -0.05) is 57.4 Å². The van der Waals surface area contributed by atoms with Crippen LogP contribution in [-0.4, -0.2) is 214 Å². The number of piperazine rings is 1. The smallest absolute Gasteiger partial charge is 0.246 e. The number of nitrogens with one attached hydrogen (secondary N) is 8. The second-order valence-corrected chi connectivity index (χ2v) is 30.1. The topological polar surface area (TPSA) is 276 Å². The van der Waals surface area contributed by atoms with E-state index in [2.05, 4.69) is 87.1 Å². The van der Waals surface area contributed by atoms with E-state index in [1.54, 1.807) is 23.8 Å². The number of carbonyl (C=O) groups is 7. The van der Waals surface area contributed by atoms with Crippen molar-refractivity contribution in [2.24, 2.45) is 23.2 Å². The van der Waals surface area contributed by atoms with Gasteiger partial charge in [0.15, 0.2) is 0 Å². The average Bonchev–Trinajstić information content (AvgIpc) is 0.995. The number of aryl methyl sites for hydroxylation is 1. The number of rotatable bonds is 29. The predicted molar refractivity (Wildman–Crippen MR) is 372 cm³/mol. The van der Waals surface area contributed by atoms with Gasteiger partial charge < -0.3 is 71.6 Å². The molecule has 2 saturated carbocycles. The first kappa shape index (κ1) is 73.1. The maximum absolute atomic E-state index is 15.8. The molecule has 1 spiro atoms. The van der Waals surface area contributed by atoms with Crippen molar-refractivity contribution in [3.8, 4) is 0 Å². The summed E-state index contributed by atoms with van der Waals surface area (Å²) in [6.07, 6.45) is 14.5. The average molecular weight is 1380 g/mol. The number of hydrogen-bond donors (Lipinski definition) is 8. The van der Waals surface area contributed by atoms with Crippen LogP contribution in [0.5, 0.6) is 0 Å². The summed E-state index contributed by atoms with van der Waals surface area (Å²) in [5, 5.41) is 24.6. The van der Waals surface area contributed by atoms with E-state index in [1.807, 2.05) is 24.3 Å². The van der Waals surface area contributed by atoms with Crippen LogP contribution in [0.25, 0.3) is 0 Å². The number of carbonyl (C=O) groups excluding carboxylic acids is 7. The number of ether oxygens (including phenoxy) is 2. The molecule has 24 nitrogen and oxygen atoms in total. The monoisotopic (exact) mass is 1380 g/mol. The molecule has 3 aliphatic carbocycles. The van der Waals surface area contributed by atoms with Gasteiger partial charge >= 0.3 is 0 Å². The minimum absolute atomic E-state index is 0.0103. The largest absolute Gasteiger partial charge is 0.378 e. The van der Waals surface area contributed by atoms with E-state index in [0.717, 1.165) is 121 Å². The molecule has 1 aromatic heterocycles. The van der Waals surface area contributed by atoms with Gasteiger partial charge in [0.2, 0.25) is 41.4 Å². The number of fused-ring (bicyclic) bond motifs is 2. The van der Waals surface area contributed by atoms with Crippen molar-refractivity contribution in [3.05, 3.63) is 77.1 Å². The zero-order valence-corrected chi connectivity index (χ0v) is 58.6. The Bertz CT molecular complexity index is 3270. The molecule has 6 heterocycles. The number of piperidine rings is 2. The highest BCUT2D eigenvalue weighted by Gasteiger charge is 2.47. The van der Waals surface area contributed by atoms with Crippen LogP contribution >= 0.6 is 0 Å². The maximum Gasteiger partial charge on any atom is 0.246 e. The third-order valence-corrected chi connectivity index (χ3v) is 22.4. The maximum atomic E-state index is 15.8. The Hall–Kier alpha value is -7.13. The minimum Gasteiger partial charge on any atom is -0.378 e. The first-order valence-electron chi connectivity index (χ1n) is 36.7. The van der Waals surface area contributed by atoms with Gasteiger partial charge in [0.05, 0.1) is 49.2 Å². The molecule has 7 amide bonds. The van der Waals surface area contributed by atoms with E-state index in [-0.39, 0.29) is 109 Å². The summed E-state index contributed by atoms with van der Waals surface area (Å²) in [6, 6.07) is 9.65. The quantitative estimate of drug-likeness (QED) is 0.0431. The third kappa shape index (κ3) is 19.7. The summed E-state index contributed by atoms with van der Waals surface area (Å²) >= 11 is 0. The lowest BCUT2D eigenvalue weighted by Crippen LogP contribution is -2.66. The molecule has 11 rings (SSSR count). The fourth-order valence-electron chi connectivity index (χ4n) is 16.4. The number of anilines is 3. The number of hydrogen-bond acceptors (Lipinski definition) is 17. The van der Waals surface area contributed by atoms with Gasteiger partial charge in [0.25, 0.3) is 0 Å². The van der Waals surface area contributed by atoms with E-state index >= 15 is 8.78 Å². The standard InChI is InChI=1S/C73H107F2N15O9/c1-48(76-4)69(95)84-68(50-13-6-5-7-14-50)71(97)90-43-54(37-61(90)70(96)83-59-17-10-15-49-12-8-9-16-56(49)59)82-65(92)19-18-64(91)79-26-32-98-33-31-87-40-51-34-55(35-52(51)41-87)99-45-67(94)78-25-11-24-77-62-39-63(81-47-80-62)88-29-22-73(23-30-88)46-89(44-66(93)85-73)60-38-57(74)53(36-58(60)75)42-86-27-20-72(2,3)21-28-86/h8-9,12,16,36,38-39,47-48,50-52,54-55,59,61,68,76H,5-7,10-11,13-15,17-35,37,40-46H2,1-4H3,(H,78,94)(H,79,91)(H,82,92)(H,83,96)(H,84,95)(H,85,93)(H,77,80,81)/t48-,51-,52+,54-,55-,59?,61-,68-/m0/s1. The highest BCUT2D eigenvalue weighted by molar-refractivity contribution is 5.94. The molecule has 7 fully saturated rings. The number of likely N-dealkylation sites (tertiary alicyclic amines) is 3. The molecular weight excluding hydrogens is 1270 g/mol. The summed E-state index contributed by atoms with van der Waals surface area (Å²) in [7, 11) is 1.69. The van der Waals surface area contributed by atoms with Crippen molar-refractivity contribution in [2.45, 2.75) is 185 Å². The van der Waals surface area contributed by atoms with Gasteiger partial charge in [0.1, 0.15) is 48.3 Å². The summed E-state index contributed by atoms with van der Waals surface area (Å²) in [6.45, 7) is 14.7. The summed E-state index contributed by atoms with van der Waals surface area (Å²) < 4.78 is 43.3. The molecule has 8 N–H and O–H groups in total. The molecule has 8 atom stereocenters. The molecule has 1 unspecified atom stereocenters. The Kier molecular flexibility index (Phi) is 25.1. The molecule has 0 bridgehead atoms. The molecule has 2 aromatic carbocycles. The van der Waals surface area contributed by atoms with Crippen molar-refractivity contribution in [2.75, 3.05) is 127 Å². The molecule has 3 aromatic rings. The van der Waals surface area contributed by atoms with E-state index in [0.29, 0.717) is 102 Å². The van der Waals surface area contributed by atoms with E-state index in [4.69, 9.17) is 9.47 Å². The van der Waals surface area contributed by atoms with Gasteiger partial charge in [-0.15, -0.1) is 0 Å². The molecule has 8 aliphatic rings. The molecule has 542 valence electrons. The number of nitrogens with zero attached hydrogens (tertiary/aromatic N) is 7. The van der Waals surface area contributed by atoms with Crippen LogP contribution in [0.2, 0.25) is 0 Å².